The number of hydrogen-bond acceptors (Lipinski definition) is 4. The second-order valence-corrected chi connectivity index (χ2v) is 5.66. The van der Waals surface area contributed by atoms with Gasteiger partial charge in [0.25, 0.3) is 5.56 Å². The lowest BCUT2D eigenvalue weighted by Gasteiger charge is -2.22. The number of piperidine rings is 1. The first-order valence-electron chi connectivity index (χ1n) is 7.69. The van der Waals surface area contributed by atoms with Crippen molar-refractivity contribution in [3.63, 3.8) is 0 Å². The Labute approximate surface area is 129 Å². The summed E-state index contributed by atoms with van der Waals surface area (Å²) in [6.07, 6.45) is 2.20. The third-order valence-corrected chi connectivity index (χ3v) is 4.14. The Hall–Kier alpha value is -2.14. The Balaban J connectivity index is 1.83. The highest BCUT2D eigenvalue weighted by Gasteiger charge is 2.15. The number of aromatic nitrogens is 2. The van der Waals surface area contributed by atoms with Crippen molar-refractivity contribution in [3.8, 4) is 17.0 Å². The maximum atomic E-state index is 12.0. The van der Waals surface area contributed by atoms with Crippen molar-refractivity contribution in [1.29, 1.82) is 0 Å². The number of hydrogen-bond donors (Lipinski definition) is 1. The molecule has 0 spiro atoms. The van der Waals surface area contributed by atoms with Crippen LogP contribution in [0.5, 0.6) is 5.75 Å². The SMILES string of the molecule is COc1ccc(-c2ccc(=O)n(CC3CCNCC3)n2)cc1. The average molecular weight is 299 g/mol. The monoisotopic (exact) mass is 299 g/mol. The molecular weight excluding hydrogens is 278 g/mol. The number of rotatable bonds is 4. The number of nitrogens with one attached hydrogen (secondary N) is 1. The lowest BCUT2D eigenvalue weighted by Crippen LogP contribution is -2.33. The van der Waals surface area contributed by atoms with E-state index in [-0.39, 0.29) is 5.56 Å². The zero-order chi connectivity index (χ0) is 15.4. The molecule has 0 bridgehead atoms. The number of methoxy groups -OCH3 is 1. The highest BCUT2D eigenvalue weighted by atomic mass is 16.5. The molecule has 3 rings (SSSR count). The molecule has 2 heterocycles. The standard InChI is InChI=1S/C17H21N3O2/c1-22-15-4-2-14(3-5-15)16-6-7-17(21)20(19-16)12-13-8-10-18-11-9-13/h2-7,13,18H,8-12H2,1H3. The minimum atomic E-state index is -0.0317. The van der Waals surface area contributed by atoms with E-state index < -0.39 is 0 Å². The van der Waals surface area contributed by atoms with E-state index in [1.165, 1.54) is 0 Å². The molecule has 1 saturated heterocycles. The van der Waals surface area contributed by atoms with Gasteiger partial charge in [0.05, 0.1) is 12.8 Å². The van der Waals surface area contributed by atoms with Crippen molar-refractivity contribution in [2.45, 2.75) is 19.4 Å². The molecule has 2 aromatic rings. The average Bonchev–Trinajstić information content (AvgIpc) is 2.58. The van der Waals surface area contributed by atoms with Gasteiger partial charge in [-0.25, -0.2) is 4.68 Å². The molecule has 116 valence electrons. The van der Waals surface area contributed by atoms with Crippen LogP contribution in [0.25, 0.3) is 11.3 Å². The molecular formula is C17H21N3O2. The van der Waals surface area contributed by atoms with Crippen molar-refractivity contribution >= 4 is 0 Å². The summed E-state index contributed by atoms with van der Waals surface area (Å²) in [4.78, 5) is 12.0. The second-order valence-electron chi connectivity index (χ2n) is 5.66. The predicted octanol–water partition coefficient (Wildman–Crippen LogP) is 1.92. The Morgan fingerprint density at radius 2 is 1.91 bits per heavy atom. The molecule has 0 atom stereocenters. The van der Waals surface area contributed by atoms with Gasteiger partial charge in [0, 0.05) is 18.2 Å². The number of benzene rings is 1. The van der Waals surface area contributed by atoms with Gasteiger partial charge in [0.1, 0.15) is 5.75 Å². The van der Waals surface area contributed by atoms with Crippen LogP contribution < -0.4 is 15.6 Å². The summed E-state index contributed by atoms with van der Waals surface area (Å²) in [5.74, 6) is 1.34. The van der Waals surface area contributed by atoms with Crippen LogP contribution in [0.15, 0.2) is 41.2 Å². The summed E-state index contributed by atoms with van der Waals surface area (Å²) >= 11 is 0. The van der Waals surface area contributed by atoms with Crippen LogP contribution in [0.2, 0.25) is 0 Å². The fraction of sp³-hybridized carbons (Fsp3) is 0.412. The third-order valence-electron chi connectivity index (χ3n) is 4.14. The van der Waals surface area contributed by atoms with Gasteiger partial charge in [0.15, 0.2) is 0 Å². The molecule has 0 amide bonds. The molecule has 0 radical (unpaired) electrons. The molecule has 1 N–H and O–H groups in total. The van der Waals surface area contributed by atoms with E-state index in [9.17, 15) is 4.79 Å². The van der Waals surface area contributed by atoms with Gasteiger partial charge in [-0.05, 0) is 62.2 Å². The van der Waals surface area contributed by atoms with Gasteiger partial charge in [-0.1, -0.05) is 0 Å². The van der Waals surface area contributed by atoms with Crippen LogP contribution in [-0.4, -0.2) is 30.0 Å². The first-order chi connectivity index (χ1) is 10.8. The van der Waals surface area contributed by atoms with Crippen LogP contribution in [-0.2, 0) is 6.54 Å². The van der Waals surface area contributed by atoms with Crippen LogP contribution in [0, 0.1) is 5.92 Å². The van der Waals surface area contributed by atoms with Crippen molar-refractivity contribution in [1.82, 2.24) is 15.1 Å². The molecule has 1 aliphatic rings. The smallest absolute Gasteiger partial charge is 0.266 e. The summed E-state index contributed by atoms with van der Waals surface area (Å²) in [6, 6.07) is 11.1. The van der Waals surface area contributed by atoms with E-state index in [0.717, 1.165) is 42.9 Å². The molecule has 0 unspecified atom stereocenters. The molecule has 0 aliphatic carbocycles. The molecule has 5 nitrogen and oxygen atoms in total. The van der Waals surface area contributed by atoms with E-state index >= 15 is 0 Å². The lowest BCUT2D eigenvalue weighted by atomic mass is 9.98. The fourth-order valence-electron chi connectivity index (χ4n) is 2.80. The van der Waals surface area contributed by atoms with Crippen molar-refractivity contribution in [2.24, 2.45) is 5.92 Å². The topological polar surface area (TPSA) is 56.1 Å². The zero-order valence-corrected chi connectivity index (χ0v) is 12.8. The van der Waals surface area contributed by atoms with E-state index in [2.05, 4.69) is 10.4 Å². The van der Waals surface area contributed by atoms with Crippen LogP contribution in [0.1, 0.15) is 12.8 Å². The summed E-state index contributed by atoms with van der Waals surface area (Å²) in [6.45, 7) is 2.75. The van der Waals surface area contributed by atoms with Gasteiger partial charge in [0.2, 0.25) is 0 Å². The van der Waals surface area contributed by atoms with Crippen molar-refractivity contribution in [3.05, 3.63) is 46.8 Å². The Morgan fingerprint density at radius 3 is 2.59 bits per heavy atom. The zero-order valence-electron chi connectivity index (χ0n) is 12.8. The maximum absolute atomic E-state index is 12.0. The highest BCUT2D eigenvalue weighted by molar-refractivity contribution is 5.59. The molecule has 1 aliphatic heterocycles. The van der Waals surface area contributed by atoms with Gasteiger partial charge < -0.3 is 10.1 Å². The van der Waals surface area contributed by atoms with Crippen molar-refractivity contribution < 1.29 is 4.74 Å². The quantitative estimate of drug-likeness (QED) is 0.937. The summed E-state index contributed by atoms with van der Waals surface area (Å²) in [5.41, 5.74) is 1.77. The normalized spacial score (nSPS) is 15.7. The molecule has 0 saturated carbocycles. The minimum Gasteiger partial charge on any atom is -0.497 e. The van der Waals surface area contributed by atoms with Gasteiger partial charge >= 0.3 is 0 Å². The number of ether oxygens (including phenoxy) is 1. The van der Waals surface area contributed by atoms with Crippen molar-refractivity contribution in [2.75, 3.05) is 20.2 Å². The lowest BCUT2D eigenvalue weighted by molar-refractivity contribution is 0.315. The van der Waals surface area contributed by atoms with E-state index in [0.29, 0.717) is 12.5 Å². The Morgan fingerprint density at radius 1 is 1.18 bits per heavy atom. The molecule has 1 aromatic heterocycles. The van der Waals surface area contributed by atoms with Gasteiger partial charge in [-0.15, -0.1) is 0 Å². The van der Waals surface area contributed by atoms with E-state index in [1.54, 1.807) is 23.9 Å². The summed E-state index contributed by atoms with van der Waals surface area (Å²) < 4.78 is 6.77. The first kappa shape index (κ1) is 14.8. The minimum absolute atomic E-state index is 0.0317. The van der Waals surface area contributed by atoms with Crippen LogP contribution in [0.4, 0.5) is 0 Å². The number of nitrogens with zero attached hydrogens (tertiary/aromatic N) is 2. The maximum Gasteiger partial charge on any atom is 0.266 e. The van der Waals surface area contributed by atoms with Gasteiger partial charge in [-0.3, -0.25) is 4.79 Å². The Kier molecular flexibility index (Phi) is 4.53. The van der Waals surface area contributed by atoms with Crippen LogP contribution in [0.3, 0.4) is 0 Å². The fourth-order valence-corrected chi connectivity index (χ4v) is 2.80. The first-order valence-corrected chi connectivity index (χ1v) is 7.69. The summed E-state index contributed by atoms with van der Waals surface area (Å²) in [7, 11) is 1.65. The molecule has 5 heteroatoms. The van der Waals surface area contributed by atoms with Crippen LogP contribution >= 0.6 is 0 Å². The van der Waals surface area contributed by atoms with Gasteiger partial charge in [-0.2, -0.15) is 5.10 Å². The molecule has 1 aromatic carbocycles. The summed E-state index contributed by atoms with van der Waals surface area (Å²) in [5, 5.41) is 7.88. The largest absolute Gasteiger partial charge is 0.497 e. The third kappa shape index (κ3) is 3.36. The highest BCUT2D eigenvalue weighted by Crippen LogP contribution is 2.20. The molecule has 1 fully saturated rings. The predicted molar refractivity (Wildman–Crippen MR) is 86.1 cm³/mol. The van der Waals surface area contributed by atoms with E-state index in [4.69, 9.17) is 4.74 Å². The Bertz CT molecular complexity index is 673. The second kappa shape index (κ2) is 6.75. The van der Waals surface area contributed by atoms with E-state index in [1.807, 2.05) is 24.3 Å². The molecule has 22 heavy (non-hydrogen) atoms.